The smallest absolute Gasteiger partial charge is 0.248 e. The number of hydrogen-bond acceptors (Lipinski definition) is 3. The molecule has 0 aromatic heterocycles. The van der Waals surface area contributed by atoms with E-state index in [0.717, 1.165) is 26.8 Å². The van der Waals surface area contributed by atoms with Crippen molar-refractivity contribution in [2.24, 2.45) is 0 Å². The van der Waals surface area contributed by atoms with E-state index in [4.69, 9.17) is 4.74 Å². The van der Waals surface area contributed by atoms with Crippen LogP contribution in [-0.4, -0.2) is 13.0 Å². The van der Waals surface area contributed by atoms with E-state index in [1.807, 2.05) is 78.9 Å². The minimum Gasteiger partial charge on any atom is -0.497 e. The molecule has 0 heterocycles. The van der Waals surface area contributed by atoms with Gasteiger partial charge in [-0.05, 0) is 48.0 Å². The second kappa shape index (κ2) is 8.92. The first-order valence-electron chi connectivity index (χ1n) is 8.19. The van der Waals surface area contributed by atoms with E-state index in [1.165, 1.54) is 6.08 Å². The molecule has 0 radical (unpaired) electrons. The first-order chi connectivity index (χ1) is 12.7. The maximum absolute atomic E-state index is 12.3. The molecule has 26 heavy (non-hydrogen) atoms. The number of rotatable bonds is 6. The molecule has 3 aromatic carbocycles. The lowest BCUT2D eigenvalue weighted by Crippen LogP contribution is -2.08. The van der Waals surface area contributed by atoms with Gasteiger partial charge in [-0.1, -0.05) is 54.2 Å². The number of anilines is 1. The summed E-state index contributed by atoms with van der Waals surface area (Å²) in [5.74, 6) is 0.625. The van der Waals surface area contributed by atoms with Crippen molar-refractivity contribution in [1.82, 2.24) is 0 Å². The predicted octanol–water partition coefficient (Wildman–Crippen LogP) is 5.50. The number of carbonyl (C=O) groups excluding carboxylic acids is 1. The summed E-state index contributed by atoms with van der Waals surface area (Å²) in [6.07, 6.45) is 3.31. The van der Waals surface area contributed by atoms with Crippen molar-refractivity contribution in [3.8, 4) is 5.75 Å². The molecule has 0 aliphatic carbocycles. The Bertz CT molecular complexity index is 890. The number of benzene rings is 3. The third-order valence-corrected chi connectivity index (χ3v) is 4.74. The zero-order valence-electron chi connectivity index (χ0n) is 14.4. The summed E-state index contributed by atoms with van der Waals surface area (Å²) in [5.41, 5.74) is 1.73. The van der Waals surface area contributed by atoms with Crippen molar-refractivity contribution in [2.75, 3.05) is 12.4 Å². The van der Waals surface area contributed by atoms with Gasteiger partial charge in [-0.25, -0.2) is 0 Å². The standard InChI is InChI=1S/C22H19NO2S/c1-25-18-14-11-17(12-15-18)13-16-22(24)23-20-9-5-6-10-21(20)26-19-7-3-2-4-8-19/h2-16H,1H3,(H,23,24)/b16-13+. The fraction of sp³-hybridized carbons (Fsp3) is 0.0455. The quantitative estimate of drug-likeness (QED) is 0.589. The highest BCUT2D eigenvalue weighted by atomic mass is 32.2. The fourth-order valence-electron chi connectivity index (χ4n) is 2.34. The van der Waals surface area contributed by atoms with E-state index in [0.29, 0.717) is 0 Å². The van der Waals surface area contributed by atoms with E-state index in [2.05, 4.69) is 5.32 Å². The molecule has 0 bridgehead atoms. The minimum atomic E-state index is -0.165. The molecule has 0 saturated heterocycles. The normalized spacial score (nSPS) is 10.7. The maximum Gasteiger partial charge on any atom is 0.248 e. The number of ether oxygens (including phenoxy) is 1. The number of methoxy groups -OCH3 is 1. The molecule has 0 aliphatic heterocycles. The third kappa shape index (κ3) is 5.01. The van der Waals surface area contributed by atoms with Crippen LogP contribution in [0.25, 0.3) is 6.08 Å². The van der Waals surface area contributed by atoms with Crippen LogP contribution in [0.15, 0.2) is 94.7 Å². The fourth-order valence-corrected chi connectivity index (χ4v) is 3.26. The Morgan fingerprint density at radius 2 is 1.62 bits per heavy atom. The Morgan fingerprint density at radius 1 is 0.923 bits per heavy atom. The van der Waals surface area contributed by atoms with Gasteiger partial charge in [-0.2, -0.15) is 0 Å². The van der Waals surface area contributed by atoms with Crippen LogP contribution in [0.1, 0.15) is 5.56 Å². The van der Waals surface area contributed by atoms with Crippen molar-refractivity contribution < 1.29 is 9.53 Å². The first kappa shape index (κ1) is 17.8. The van der Waals surface area contributed by atoms with E-state index < -0.39 is 0 Å². The first-order valence-corrected chi connectivity index (χ1v) is 9.01. The van der Waals surface area contributed by atoms with Gasteiger partial charge in [0.05, 0.1) is 12.8 Å². The van der Waals surface area contributed by atoms with Crippen LogP contribution < -0.4 is 10.1 Å². The molecule has 0 spiro atoms. The number of para-hydroxylation sites is 1. The summed E-state index contributed by atoms with van der Waals surface area (Å²) in [6, 6.07) is 25.4. The van der Waals surface area contributed by atoms with Crippen LogP contribution in [0.5, 0.6) is 5.75 Å². The number of carbonyl (C=O) groups is 1. The average Bonchev–Trinajstić information content (AvgIpc) is 2.69. The van der Waals surface area contributed by atoms with Crippen LogP contribution >= 0.6 is 11.8 Å². The van der Waals surface area contributed by atoms with Gasteiger partial charge in [-0.15, -0.1) is 0 Å². The second-order valence-corrected chi connectivity index (χ2v) is 6.62. The Morgan fingerprint density at radius 3 is 2.35 bits per heavy atom. The molecular weight excluding hydrogens is 342 g/mol. The van der Waals surface area contributed by atoms with Crippen LogP contribution in [0.2, 0.25) is 0 Å². The monoisotopic (exact) mass is 361 g/mol. The number of amides is 1. The maximum atomic E-state index is 12.3. The highest BCUT2D eigenvalue weighted by molar-refractivity contribution is 7.99. The van der Waals surface area contributed by atoms with Gasteiger partial charge in [0.25, 0.3) is 0 Å². The summed E-state index contributed by atoms with van der Waals surface area (Å²) in [6.45, 7) is 0. The van der Waals surface area contributed by atoms with Gasteiger partial charge in [0, 0.05) is 15.9 Å². The summed E-state index contributed by atoms with van der Waals surface area (Å²) >= 11 is 1.62. The minimum absolute atomic E-state index is 0.165. The Kier molecular flexibility index (Phi) is 6.12. The van der Waals surface area contributed by atoms with Crippen LogP contribution in [-0.2, 0) is 4.79 Å². The van der Waals surface area contributed by atoms with Crippen molar-refractivity contribution >= 4 is 29.4 Å². The van der Waals surface area contributed by atoms with E-state index >= 15 is 0 Å². The highest BCUT2D eigenvalue weighted by Gasteiger charge is 2.06. The molecule has 3 nitrogen and oxygen atoms in total. The zero-order chi connectivity index (χ0) is 18.2. The third-order valence-electron chi connectivity index (χ3n) is 3.66. The lowest BCUT2D eigenvalue weighted by Gasteiger charge is -2.09. The van der Waals surface area contributed by atoms with Gasteiger partial charge >= 0.3 is 0 Å². The van der Waals surface area contributed by atoms with Crippen molar-refractivity contribution in [3.05, 3.63) is 90.5 Å². The van der Waals surface area contributed by atoms with Gasteiger partial charge < -0.3 is 10.1 Å². The molecule has 0 fully saturated rings. The molecule has 0 aliphatic rings. The summed E-state index contributed by atoms with van der Waals surface area (Å²) < 4.78 is 5.13. The molecule has 1 N–H and O–H groups in total. The molecule has 0 atom stereocenters. The molecule has 1 amide bonds. The van der Waals surface area contributed by atoms with Gasteiger partial charge in [0.1, 0.15) is 5.75 Å². The van der Waals surface area contributed by atoms with Crippen molar-refractivity contribution in [3.63, 3.8) is 0 Å². The van der Waals surface area contributed by atoms with Gasteiger partial charge in [0.2, 0.25) is 5.91 Å². The second-order valence-electron chi connectivity index (χ2n) is 5.51. The molecule has 0 unspecified atom stereocenters. The molecule has 130 valence electrons. The Balaban J connectivity index is 1.68. The van der Waals surface area contributed by atoms with Crippen molar-refractivity contribution in [2.45, 2.75) is 9.79 Å². The summed E-state index contributed by atoms with van der Waals surface area (Å²) in [4.78, 5) is 14.4. The van der Waals surface area contributed by atoms with E-state index in [9.17, 15) is 4.79 Å². The summed E-state index contributed by atoms with van der Waals surface area (Å²) in [5, 5.41) is 2.95. The van der Waals surface area contributed by atoms with Gasteiger partial charge in [0.15, 0.2) is 0 Å². The van der Waals surface area contributed by atoms with E-state index in [1.54, 1.807) is 24.9 Å². The van der Waals surface area contributed by atoms with Crippen LogP contribution in [0, 0.1) is 0 Å². The summed E-state index contributed by atoms with van der Waals surface area (Å²) in [7, 11) is 1.63. The van der Waals surface area contributed by atoms with Gasteiger partial charge in [-0.3, -0.25) is 4.79 Å². The number of nitrogens with one attached hydrogen (secondary N) is 1. The lowest BCUT2D eigenvalue weighted by atomic mass is 10.2. The zero-order valence-corrected chi connectivity index (χ0v) is 15.2. The van der Waals surface area contributed by atoms with Crippen LogP contribution in [0.4, 0.5) is 5.69 Å². The van der Waals surface area contributed by atoms with Crippen LogP contribution in [0.3, 0.4) is 0 Å². The Hall–Kier alpha value is -2.98. The molecule has 0 saturated carbocycles. The lowest BCUT2D eigenvalue weighted by molar-refractivity contribution is -0.111. The largest absolute Gasteiger partial charge is 0.497 e. The number of hydrogen-bond donors (Lipinski definition) is 1. The Labute approximate surface area is 157 Å². The van der Waals surface area contributed by atoms with Crippen molar-refractivity contribution in [1.29, 1.82) is 0 Å². The molecule has 4 heteroatoms. The average molecular weight is 361 g/mol. The molecule has 3 aromatic rings. The molecule has 3 rings (SSSR count). The van der Waals surface area contributed by atoms with E-state index in [-0.39, 0.29) is 5.91 Å². The predicted molar refractivity (Wildman–Crippen MR) is 108 cm³/mol. The SMILES string of the molecule is COc1ccc(/C=C/C(=O)Nc2ccccc2Sc2ccccc2)cc1. The molecular formula is C22H19NO2S. The highest BCUT2D eigenvalue weighted by Crippen LogP contribution is 2.33. The topological polar surface area (TPSA) is 38.3 Å².